The molecule has 2 saturated heterocycles. The highest BCUT2D eigenvalue weighted by molar-refractivity contribution is 6.36. The highest BCUT2D eigenvalue weighted by Gasteiger charge is 2.71. The molecule has 2 heterocycles. The van der Waals surface area contributed by atoms with Crippen molar-refractivity contribution in [3.63, 3.8) is 0 Å². The maximum Gasteiger partial charge on any atom is 0.416 e. The van der Waals surface area contributed by atoms with Gasteiger partial charge in [-0.05, 0) is 78.9 Å². The lowest BCUT2D eigenvalue weighted by Gasteiger charge is -2.50. The zero-order valence-corrected chi connectivity index (χ0v) is 31.7. The van der Waals surface area contributed by atoms with E-state index in [4.69, 9.17) is 27.9 Å². The molecule has 2 N–H and O–H groups in total. The van der Waals surface area contributed by atoms with Crippen LogP contribution in [0, 0.1) is 29.5 Å². The molecule has 6 atom stereocenters. The Bertz CT molecular complexity index is 2460. The largest absolute Gasteiger partial charge is 0.505 e. The summed E-state index contributed by atoms with van der Waals surface area (Å²) in [7, 11) is 1.40. The van der Waals surface area contributed by atoms with Crippen molar-refractivity contribution in [1.29, 1.82) is 0 Å². The molecule has 4 aliphatic rings. The van der Waals surface area contributed by atoms with Crippen LogP contribution in [0.4, 0.5) is 42.1 Å². The molecule has 0 spiro atoms. The van der Waals surface area contributed by atoms with Gasteiger partial charge in [-0.25, -0.2) is 9.29 Å². The number of hydrogen-bond donors (Lipinski definition) is 2. The molecule has 8 rings (SSSR count). The summed E-state index contributed by atoms with van der Waals surface area (Å²) in [5, 5.41) is 12.4. The first-order valence-corrected chi connectivity index (χ1v) is 18.6. The van der Waals surface area contributed by atoms with E-state index >= 15 is 9.18 Å². The van der Waals surface area contributed by atoms with Gasteiger partial charge in [-0.3, -0.25) is 24.6 Å². The Hall–Kier alpha value is -5.61. The molecule has 18 heteroatoms. The van der Waals surface area contributed by atoms with E-state index in [9.17, 15) is 45.8 Å². The molecule has 3 fully saturated rings. The number of carbonyl (C=O) groups is 4. The molecule has 0 radical (unpaired) electrons. The first kappa shape index (κ1) is 40.2. The molecule has 6 unspecified atom stereocenters. The molecule has 0 aromatic heterocycles. The number of hydrogen-bond acceptors (Lipinski definition) is 7. The fourth-order valence-corrected chi connectivity index (χ4v) is 9.73. The van der Waals surface area contributed by atoms with Crippen LogP contribution >= 0.6 is 23.2 Å². The summed E-state index contributed by atoms with van der Waals surface area (Å²) in [6, 6.07) is 14.3. The summed E-state index contributed by atoms with van der Waals surface area (Å²) < 4.78 is 104. The van der Waals surface area contributed by atoms with Gasteiger partial charge in [-0.1, -0.05) is 59.1 Å². The minimum atomic E-state index is -5.29. The standard InChI is InChI=1S/C41H28Cl2F7N3O6/c1-59-23-8-5-18(6-9-23)39-28(36(56)53(38(39)58)51-31-12-7-21(42)16-29(31)43)17-27-24(33(39)26-3-2-4-30(44)34(26)54)10-11-25-32(27)37(57)52(35(25)55)22-14-19(40(45,46)47)13-20(15-22)41(48,49)50/h2-10,12-16,25,27-28,32-33,51,54H,11,17H2,1H3. The van der Waals surface area contributed by atoms with Gasteiger partial charge in [0.1, 0.15) is 5.75 Å². The van der Waals surface area contributed by atoms with Crippen LogP contribution in [0.3, 0.4) is 0 Å². The predicted molar refractivity (Wildman–Crippen MR) is 198 cm³/mol. The number of para-hydroxylation sites is 1. The van der Waals surface area contributed by atoms with Gasteiger partial charge in [-0.2, -0.15) is 31.4 Å². The van der Waals surface area contributed by atoms with Crippen molar-refractivity contribution >= 4 is 58.2 Å². The van der Waals surface area contributed by atoms with Gasteiger partial charge >= 0.3 is 12.4 Å². The SMILES string of the molecule is COc1ccc(C23C(=O)N(Nc4ccc(Cl)cc4Cl)C(=O)C2CC2C(=CCC4C(=O)N(c5cc(C(F)(F)F)cc(C(F)(F)F)c5)C(=O)C42)C3c2cccc(F)c2O)cc1. The number of benzene rings is 4. The van der Waals surface area contributed by atoms with Crippen LogP contribution in [0.25, 0.3) is 0 Å². The summed E-state index contributed by atoms with van der Waals surface area (Å²) in [4.78, 5) is 59.0. The Kier molecular flexibility index (Phi) is 9.54. The van der Waals surface area contributed by atoms with Crippen molar-refractivity contribution in [3.8, 4) is 11.5 Å². The maximum absolute atomic E-state index is 15.4. The fraction of sp³-hybridized carbons (Fsp3) is 0.268. The number of ether oxygens (including phenoxy) is 1. The van der Waals surface area contributed by atoms with Crippen LogP contribution in [-0.4, -0.2) is 40.9 Å². The molecule has 306 valence electrons. The zero-order chi connectivity index (χ0) is 42.5. The number of amides is 4. The van der Waals surface area contributed by atoms with E-state index in [2.05, 4.69) is 5.43 Å². The summed E-state index contributed by atoms with van der Waals surface area (Å²) in [5.41, 5.74) is -3.36. The number of imide groups is 2. The van der Waals surface area contributed by atoms with E-state index in [-0.39, 0.29) is 63.5 Å². The first-order chi connectivity index (χ1) is 27.8. The van der Waals surface area contributed by atoms with E-state index in [0.717, 1.165) is 11.1 Å². The number of nitrogens with zero attached hydrogens (tertiary/aromatic N) is 2. The highest BCUT2D eigenvalue weighted by Crippen LogP contribution is 2.65. The number of anilines is 2. The summed E-state index contributed by atoms with van der Waals surface area (Å²) >= 11 is 12.5. The average Bonchev–Trinajstić information content (AvgIpc) is 3.56. The number of aromatic hydroxyl groups is 1. The first-order valence-electron chi connectivity index (χ1n) is 17.9. The minimum Gasteiger partial charge on any atom is -0.505 e. The number of fused-ring (bicyclic) bond motifs is 4. The minimum absolute atomic E-state index is 0.0171. The smallest absolute Gasteiger partial charge is 0.416 e. The van der Waals surface area contributed by atoms with Crippen LogP contribution in [-0.2, 0) is 36.9 Å². The maximum atomic E-state index is 15.4. The zero-order valence-electron chi connectivity index (χ0n) is 30.2. The number of alkyl halides is 6. The Morgan fingerprint density at radius 2 is 1.49 bits per heavy atom. The third-order valence-electron chi connectivity index (χ3n) is 11.7. The Labute approximate surface area is 339 Å². The molecule has 9 nitrogen and oxygen atoms in total. The van der Waals surface area contributed by atoms with Gasteiger partial charge in [0.2, 0.25) is 11.8 Å². The predicted octanol–water partition coefficient (Wildman–Crippen LogP) is 9.07. The molecule has 2 aliphatic heterocycles. The van der Waals surface area contributed by atoms with Crippen molar-refractivity contribution in [2.75, 3.05) is 17.4 Å². The summed E-state index contributed by atoms with van der Waals surface area (Å²) in [6.45, 7) is 0. The van der Waals surface area contributed by atoms with Gasteiger partial charge in [0.05, 0.1) is 57.8 Å². The Balaban J connectivity index is 1.32. The number of phenols is 1. The monoisotopic (exact) mass is 861 g/mol. The van der Waals surface area contributed by atoms with Gasteiger partial charge in [0.25, 0.3) is 11.8 Å². The van der Waals surface area contributed by atoms with Crippen LogP contribution in [0.2, 0.25) is 10.0 Å². The summed E-state index contributed by atoms with van der Waals surface area (Å²) in [6.07, 6.45) is -9.71. The fourth-order valence-electron chi connectivity index (χ4n) is 9.27. The van der Waals surface area contributed by atoms with Crippen LogP contribution < -0.4 is 15.1 Å². The molecule has 4 amide bonds. The lowest BCUT2D eigenvalue weighted by molar-refractivity contribution is -0.143. The van der Waals surface area contributed by atoms with Crippen molar-refractivity contribution in [3.05, 3.63) is 129 Å². The van der Waals surface area contributed by atoms with Gasteiger partial charge in [0.15, 0.2) is 11.6 Å². The van der Waals surface area contributed by atoms with E-state index in [1.807, 2.05) is 0 Å². The van der Waals surface area contributed by atoms with Crippen molar-refractivity contribution in [1.82, 2.24) is 5.01 Å². The van der Waals surface area contributed by atoms with E-state index in [1.165, 1.54) is 67.8 Å². The number of halogens is 9. The van der Waals surface area contributed by atoms with E-state index < -0.39 is 99.4 Å². The third kappa shape index (κ3) is 6.21. The van der Waals surface area contributed by atoms with Gasteiger partial charge < -0.3 is 9.84 Å². The second kappa shape index (κ2) is 14.0. The molecule has 2 aliphatic carbocycles. The lowest BCUT2D eigenvalue weighted by Crippen LogP contribution is -2.53. The number of rotatable bonds is 6. The van der Waals surface area contributed by atoms with Crippen LogP contribution in [0.5, 0.6) is 11.5 Å². The van der Waals surface area contributed by atoms with Crippen LogP contribution in [0.1, 0.15) is 41.0 Å². The van der Waals surface area contributed by atoms with Crippen LogP contribution in [0.15, 0.2) is 90.5 Å². The number of phenolic OH excluding ortho intramolecular Hbond substituents is 1. The lowest BCUT2D eigenvalue weighted by atomic mass is 9.49. The van der Waals surface area contributed by atoms with Crippen molar-refractivity contribution in [2.45, 2.75) is 36.5 Å². The van der Waals surface area contributed by atoms with E-state index in [0.29, 0.717) is 10.6 Å². The Morgan fingerprint density at radius 1 is 0.831 bits per heavy atom. The molecular formula is C41H28Cl2F7N3O6. The summed E-state index contributed by atoms with van der Waals surface area (Å²) in [5.74, 6) is -12.4. The van der Waals surface area contributed by atoms with Gasteiger partial charge in [0, 0.05) is 16.5 Å². The number of nitrogens with one attached hydrogen (secondary N) is 1. The van der Waals surface area contributed by atoms with Crippen molar-refractivity contribution < 1.29 is 59.8 Å². The number of carbonyl (C=O) groups excluding carboxylic acids is 4. The van der Waals surface area contributed by atoms with Gasteiger partial charge in [-0.15, -0.1) is 0 Å². The molecule has 59 heavy (non-hydrogen) atoms. The van der Waals surface area contributed by atoms with E-state index in [1.54, 1.807) is 0 Å². The highest BCUT2D eigenvalue weighted by atomic mass is 35.5. The Morgan fingerprint density at radius 3 is 2.10 bits per heavy atom. The second-order valence-electron chi connectivity index (χ2n) is 14.7. The molecule has 1 saturated carbocycles. The number of methoxy groups -OCH3 is 1. The quantitative estimate of drug-likeness (QED) is 0.113. The average molecular weight is 863 g/mol. The van der Waals surface area contributed by atoms with Crippen molar-refractivity contribution in [2.24, 2.45) is 23.7 Å². The second-order valence-corrected chi connectivity index (χ2v) is 15.5. The normalized spacial score (nSPS) is 25.5. The number of allylic oxidation sites excluding steroid dienone is 2. The topological polar surface area (TPSA) is 116 Å². The molecule has 0 bridgehead atoms. The molecule has 4 aromatic carbocycles. The molecule has 4 aromatic rings. The third-order valence-corrected chi connectivity index (χ3v) is 12.3. The number of hydrazine groups is 1. The molecular weight excluding hydrogens is 834 g/mol.